The average Bonchev–Trinajstić information content (AvgIpc) is 2.95. The molecule has 0 unspecified atom stereocenters. The molecule has 2 aromatic rings. The number of sulfonamides is 1. The molecule has 2 aromatic carbocycles. The van der Waals surface area contributed by atoms with E-state index in [1.165, 1.54) is 11.1 Å². The van der Waals surface area contributed by atoms with E-state index in [9.17, 15) is 18.0 Å². The Labute approximate surface area is 182 Å². The smallest absolute Gasteiger partial charge is 0.285 e. The lowest BCUT2D eigenvalue weighted by molar-refractivity contribution is -0.122. The number of rotatable bonds is 4. The third kappa shape index (κ3) is 5.49. The highest BCUT2D eigenvalue weighted by Crippen LogP contribution is 2.27. The second kappa shape index (κ2) is 8.50. The van der Waals surface area contributed by atoms with Gasteiger partial charge in [-0.3, -0.25) is 20.0 Å². The minimum absolute atomic E-state index is 0.0344. The molecule has 0 saturated carbocycles. The van der Waals surface area contributed by atoms with Gasteiger partial charge in [0.05, 0.1) is 0 Å². The average molecular weight is 443 g/mol. The third-order valence-electron chi connectivity index (χ3n) is 4.50. The van der Waals surface area contributed by atoms with Gasteiger partial charge in [-0.15, -0.1) is 4.40 Å². The Bertz CT molecular complexity index is 1130. The summed E-state index contributed by atoms with van der Waals surface area (Å²) in [7, 11) is -3.88. The van der Waals surface area contributed by atoms with Crippen LogP contribution in [0.4, 0.5) is 0 Å². The van der Waals surface area contributed by atoms with Gasteiger partial charge in [-0.1, -0.05) is 29.8 Å². The molecule has 0 fully saturated rings. The van der Waals surface area contributed by atoms with Crippen molar-refractivity contribution in [2.75, 3.05) is 6.54 Å². The van der Waals surface area contributed by atoms with Gasteiger partial charge < -0.3 is 5.32 Å². The highest BCUT2D eigenvalue weighted by molar-refractivity contribution is 7.90. The van der Waals surface area contributed by atoms with Gasteiger partial charge in [0.1, 0.15) is 4.90 Å². The molecule has 2 N–H and O–H groups in total. The van der Waals surface area contributed by atoms with Crippen LogP contribution in [0, 0.1) is 6.92 Å². The van der Waals surface area contributed by atoms with E-state index >= 15 is 0 Å². The number of amidine groups is 1. The number of amides is 2. The maximum atomic E-state index is 12.8. The molecule has 31 heavy (non-hydrogen) atoms. The van der Waals surface area contributed by atoms with Crippen molar-refractivity contribution in [2.45, 2.75) is 44.6 Å². The number of hydrogen-bond donors (Lipinski definition) is 2. The third-order valence-corrected chi connectivity index (χ3v) is 5.82. The standard InChI is InChI=1S/C22H26N4O4S/c1-15-9-11-16(12-10-15)21(28)24-26(14-13-19(27)23-22(2,3)4)20-17-7-5-6-8-18(17)31(29,30)25-20/h5-12H,13-14H2,1-4H3,(H,23,27)(H,24,28). The molecule has 0 bridgehead atoms. The summed E-state index contributed by atoms with van der Waals surface area (Å²) in [5.41, 5.74) is 4.09. The fourth-order valence-electron chi connectivity index (χ4n) is 3.08. The van der Waals surface area contributed by atoms with Gasteiger partial charge in [-0.05, 0) is 52.0 Å². The van der Waals surface area contributed by atoms with E-state index in [4.69, 9.17) is 0 Å². The molecule has 0 aliphatic carbocycles. The summed E-state index contributed by atoms with van der Waals surface area (Å²) in [6, 6.07) is 13.4. The largest absolute Gasteiger partial charge is 0.351 e. The SMILES string of the molecule is Cc1ccc(C(=O)NN(CCC(=O)NC(C)(C)C)C2=NS(=O)(=O)c3ccccc32)cc1. The van der Waals surface area contributed by atoms with Crippen LogP contribution >= 0.6 is 0 Å². The number of fused-ring (bicyclic) bond motifs is 1. The first-order chi connectivity index (χ1) is 14.5. The topological polar surface area (TPSA) is 108 Å². The molecule has 1 heterocycles. The molecule has 0 aromatic heterocycles. The zero-order valence-electron chi connectivity index (χ0n) is 18.0. The van der Waals surface area contributed by atoms with Crippen LogP contribution in [0.1, 0.15) is 48.7 Å². The molecule has 0 spiro atoms. The number of nitrogens with one attached hydrogen (secondary N) is 2. The molecule has 2 amide bonds. The van der Waals surface area contributed by atoms with Crippen LogP contribution in [-0.4, -0.2) is 43.2 Å². The van der Waals surface area contributed by atoms with E-state index in [-0.39, 0.29) is 29.6 Å². The van der Waals surface area contributed by atoms with Crippen molar-refractivity contribution in [3.63, 3.8) is 0 Å². The Morgan fingerprint density at radius 1 is 1.03 bits per heavy atom. The van der Waals surface area contributed by atoms with Crippen molar-refractivity contribution in [2.24, 2.45) is 4.40 Å². The zero-order chi connectivity index (χ0) is 22.8. The number of hydrazine groups is 1. The Morgan fingerprint density at radius 2 is 1.68 bits per heavy atom. The van der Waals surface area contributed by atoms with Gasteiger partial charge >= 0.3 is 0 Å². The molecule has 8 nitrogen and oxygen atoms in total. The predicted molar refractivity (Wildman–Crippen MR) is 118 cm³/mol. The van der Waals surface area contributed by atoms with Gasteiger partial charge in [0.15, 0.2) is 5.84 Å². The van der Waals surface area contributed by atoms with Gasteiger partial charge in [-0.2, -0.15) is 8.42 Å². The van der Waals surface area contributed by atoms with Crippen LogP contribution in [0.3, 0.4) is 0 Å². The molecule has 164 valence electrons. The lowest BCUT2D eigenvalue weighted by Gasteiger charge is -2.26. The van der Waals surface area contributed by atoms with Crippen LogP contribution in [0.15, 0.2) is 57.8 Å². The minimum Gasteiger partial charge on any atom is -0.351 e. The van der Waals surface area contributed by atoms with Crippen LogP contribution in [0.2, 0.25) is 0 Å². The molecule has 1 aliphatic rings. The number of hydrogen-bond acceptors (Lipinski definition) is 5. The summed E-state index contributed by atoms with van der Waals surface area (Å²) in [4.78, 5) is 25.2. The fourth-order valence-corrected chi connectivity index (χ4v) is 4.29. The van der Waals surface area contributed by atoms with E-state index in [1.54, 1.807) is 30.3 Å². The molecule has 9 heteroatoms. The fraction of sp³-hybridized carbons (Fsp3) is 0.318. The summed E-state index contributed by atoms with van der Waals surface area (Å²) in [5, 5.41) is 4.18. The normalized spacial score (nSPS) is 14.4. The first-order valence-corrected chi connectivity index (χ1v) is 11.3. The summed E-state index contributed by atoms with van der Waals surface area (Å²) in [6.07, 6.45) is 0.0344. The number of nitrogens with zero attached hydrogens (tertiary/aromatic N) is 2. The van der Waals surface area contributed by atoms with E-state index in [1.807, 2.05) is 39.8 Å². The Balaban J connectivity index is 1.89. The number of benzene rings is 2. The van der Waals surface area contributed by atoms with E-state index in [0.717, 1.165) is 5.56 Å². The predicted octanol–water partition coefficient (Wildman–Crippen LogP) is 2.40. The quantitative estimate of drug-likeness (QED) is 0.707. The first kappa shape index (κ1) is 22.5. The molecule has 0 atom stereocenters. The molecular weight excluding hydrogens is 416 g/mol. The maximum absolute atomic E-state index is 12.8. The summed E-state index contributed by atoms with van der Waals surface area (Å²) < 4.78 is 28.8. The Morgan fingerprint density at radius 3 is 2.32 bits per heavy atom. The second-order valence-corrected chi connectivity index (χ2v) is 9.97. The summed E-state index contributed by atoms with van der Waals surface area (Å²) >= 11 is 0. The molecule has 0 radical (unpaired) electrons. The lowest BCUT2D eigenvalue weighted by atomic mass is 10.1. The van der Waals surface area contributed by atoms with Gasteiger partial charge in [0.2, 0.25) is 5.91 Å². The van der Waals surface area contributed by atoms with E-state index in [0.29, 0.717) is 11.1 Å². The van der Waals surface area contributed by atoms with Crippen molar-refractivity contribution in [1.82, 2.24) is 15.8 Å². The number of carbonyl (C=O) groups excluding carboxylic acids is 2. The monoisotopic (exact) mass is 442 g/mol. The second-order valence-electron chi connectivity index (χ2n) is 8.39. The van der Waals surface area contributed by atoms with E-state index in [2.05, 4.69) is 15.1 Å². The van der Waals surface area contributed by atoms with Gasteiger partial charge in [-0.25, -0.2) is 0 Å². The van der Waals surface area contributed by atoms with Crippen LogP contribution in [0.5, 0.6) is 0 Å². The van der Waals surface area contributed by atoms with Crippen LogP contribution in [0.25, 0.3) is 0 Å². The minimum atomic E-state index is -3.88. The van der Waals surface area contributed by atoms with Crippen molar-refractivity contribution in [3.05, 3.63) is 65.2 Å². The van der Waals surface area contributed by atoms with Crippen molar-refractivity contribution < 1.29 is 18.0 Å². The molecule has 1 aliphatic heterocycles. The van der Waals surface area contributed by atoms with Crippen molar-refractivity contribution >= 4 is 27.7 Å². The molecule has 0 saturated heterocycles. The number of carbonyl (C=O) groups is 2. The first-order valence-electron chi connectivity index (χ1n) is 9.87. The van der Waals surface area contributed by atoms with E-state index < -0.39 is 21.5 Å². The zero-order valence-corrected chi connectivity index (χ0v) is 18.8. The Hall–Kier alpha value is -3.20. The molecule has 3 rings (SSSR count). The van der Waals surface area contributed by atoms with Crippen LogP contribution < -0.4 is 10.7 Å². The molecular formula is C22H26N4O4S. The van der Waals surface area contributed by atoms with Crippen molar-refractivity contribution in [3.8, 4) is 0 Å². The summed E-state index contributed by atoms with van der Waals surface area (Å²) in [5.74, 6) is -0.572. The summed E-state index contributed by atoms with van der Waals surface area (Å²) in [6.45, 7) is 7.56. The lowest BCUT2D eigenvalue weighted by Crippen LogP contribution is -2.48. The Kier molecular flexibility index (Phi) is 6.17. The van der Waals surface area contributed by atoms with Crippen LogP contribution in [-0.2, 0) is 14.8 Å². The number of aryl methyl sites for hydroxylation is 1. The van der Waals surface area contributed by atoms with Gasteiger partial charge in [0, 0.05) is 29.6 Å². The highest BCUT2D eigenvalue weighted by atomic mass is 32.2. The highest BCUT2D eigenvalue weighted by Gasteiger charge is 2.32. The van der Waals surface area contributed by atoms with Crippen molar-refractivity contribution in [1.29, 1.82) is 0 Å². The maximum Gasteiger partial charge on any atom is 0.285 e. The van der Waals surface area contributed by atoms with Gasteiger partial charge in [0.25, 0.3) is 15.9 Å².